The normalized spacial score (nSPS) is 12.7. The Morgan fingerprint density at radius 1 is 1.38 bits per heavy atom. The first-order valence-electron chi connectivity index (χ1n) is 9.83. The van der Waals surface area contributed by atoms with Gasteiger partial charge >= 0.3 is 0 Å². The summed E-state index contributed by atoms with van der Waals surface area (Å²) >= 11 is 1.36. The van der Waals surface area contributed by atoms with E-state index in [0.717, 1.165) is 4.90 Å². The molecular weight excluding hydrogens is 432 g/mol. The predicted octanol–water partition coefficient (Wildman–Crippen LogP) is 1.55. The Hall–Kier alpha value is -3.49. The van der Waals surface area contributed by atoms with Gasteiger partial charge in [-0.3, -0.25) is 4.79 Å². The molecule has 3 aromatic rings. The smallest absolute Gasteiger partial charge is 0.251 e. The molecule has 4 rings (SSSR count). The van der Waals surface area contributed by atoms with Gasteiger partial charge in [-0.25, -0.2) is 15.0 Å². The average molecular weight is 455 g/mol. The number of amides is 1. The molecule has 0 aliphatic carbocycles. The summed E-state index contributed by atoms with van der Waals surface area (Å²) in [7, 11) is 0. The van der Waals surface area contributed by atoms with Crippen LogP contribution in [-0.2, 0) is 11.3 Å². The molecule has 166 valence electrons. The molecule has 0 unspecified atom stereocenters. The monoisotopic (exact) mass is 454 g/mol. The number of hydrogen-bond donors (Lipinski definition) is 3. The number of carbonyl (C=O) groups excluding carboxylic acids is 1. The summed E-state index contributed by atoms with van der Waals surface area (Å²) in [5.74, 6) is 3.73. The lowest BCUT2D eigenvalue weighted by Gasteiger charge is -2.16. The molecule has 1 aliphatic heterocycles. The molecule has 10 nitrogen and oxygen atoms in total. The molecule has 1 amide bonds. The first kappa shape index (κ1) is 21.7. The molecule has 0 atom stereocenters. The Labute approximate surface area is 188 Å². The minimum Gasteiger partial charge on any atom is -0.454 e. The van der Waals surface area contributed by atoms with Crippen molar-refractivity contribution in [3.8, 4) is 23.8 Å². The summed E-state index contributed by atoms with van der Waals surface area (Å²) in [4.78, 5) is 25.7. The highest BCUT2D eigenvalue weighted by Crippen LogP contribution is 2.41. The zero-order valence-corrected chi connectivity index (χ0v) is 18.4. The number of benzene rings is 1. The molecule has 0 saturated heterocycles. The quantitative estimate of drug-likeness (QED) is 0.358. The Balaban J connectivity index is 1.61. The summed E-state index contributed by atoms with van der Waals surface area (Å²) < 4.78 is 12.8. The van der Waals surface area contributed by atoms with Gasteiger partial charge < -0.3 is 30.2 Å². The maximum atomic E-state index is 11.9. The molecule has 1 aromatic carbocycles. The summed E-state index contributed by atoms with van der Waals surface area (Å²) in [5, 5.41) is 13.1. The van der Waals surface area contributed by atoms with E-state index in [1.54, 1.807) is 6.07 Å². The lowest BCUT2D eigenvalue weighted by molar-refractivity contribution is -0.136. The predicted molar refractivity (Wildman–Crippen MR) is 118 cm³/mol. The molecule has 4 N–H and O–H groups in total. The second-order valence-electron chi connectivity index (χ2n) is 7.59. The van der Waals surface area contributed by atoms with E-state index in [2.05, 4.69) is 26.2 Å². The summed E-state index contributed by atoms with van der Waals surface area (Å²) in [5.41, 5.74) is 6.29. The van der Waals surface area contributed by atoms with Gasteiger partial charge in [0.2, 0.25) is 6.79 Å². The van der Waals surface area contributed by atoms with Crippen LogP contribution < -0.4 is 20.5 Å². The number of rotatable bonds is 7. The Kier molecular flexibility index (Phi) is 5.82. The van der Waals surface area contributed by atoms with Crippen molar-refractivity contribution in [1.29, 1.82) is 0 Å². The number of anilines is 1. The van der Waals surface area contributed by atoms with E-state index in [9.17, 15) is 9.90 Å². The van der Waals surface area contributed by atoms with Gasteiger partial charge in [0.25, 0.3) is 5.91 Å². The first-order valence-corrected chi connectivity index (χ1v) is 10.6. The van der Waals surface area contributed by atoms with Crippen LogP contribution >= 0.6 is 11.8 Å². The number of terminal acetylenes is 1. The van der Waals surface area contributed by atoms with Crippen LogP contribution in [0.5, 0.6) is 11.5 Å². The van der Waals surface area contributed by atoms with Crippen LogP contribution in [-0.4, -0.2) is 49.5 Å². The lowest BCUT2D eigenvalue weighted by atomic mass is 10.1. The van der Waals surface area contributed by atoms with E-state index >= 15 is 0 Å². The van der Waals surface area contributed by atoms with Crippen molar-refractivity contribution in [3.63, 3.8) is 0 Å². The molecule has 3 heterocycles. The zero-order chi connectivity index (χ0) is 22.9. The first-order chi connectivity index (χ1) is 15.3. The summed E-state index contributed by atoms with van der Waals surface area (Å²) in [6.07, 6.45) is 7.67. The van der Waals surface area contributed by atoms with Gasteiger partial charge in [0.05, 0.1) is 0 Å². The SMILES string of the molecule is C#Cc1cc2c(cc1Sc1nc3c(N)ncnc3n1CCCNC(=O)C(C)(C)O)OCO2. The van der Waals surface area contributed by atoms with Crippen molar-refractivity contribution in [2.24, 2.45) is 0 Å². The molecule has 2 aromatic heterocycles. The van der Waals surface area contributed by atoms with Crippen molar-refractivity contribution in [3.05, 3.63) is 24.0 Å². The highest BCUT2D eigenvalue weighted by Gasteiger charge is 2.23. The molecule has 0 fully saturated rings. The van der Waals surface area contributed by atoms with Crippen LogP contribution in [0.2, 0.25) is 0 Å². The van der Waals surface area contributed by atoms with Crippen molar-refractivity contribution in [2.75, 3.05) is 19.1 Å². The molecule has 0 saturated carbocycles. The number of nitrogen functional groups attached to an aromatic ring is 1. The van der Waals surface area contributed by atoms with E-state index in [0.29, 0.717) is 52.9 Å². The van der Waals surface area contributed by atoms with Crippen LogP contribution in [0, 0.1) is 12.3 Å². The zero-order valence-electron chi connectivity index (χ0n) is 17.6. The lowest BCUT2D eigenvalue weighted by Crippen LogP contribution is -2.42. The van der Waals surface area contributed by atoms with Crippen LogP contribution in [0.15, 0.2) is 28.5 Å². The molecule has 0 spiro atoms. The molecule has 0 radical (unpaired) electrons. The van der Waals surface area contributed by atoms with Gasteiger partial charge in [-0.05, 0) is 26.3 Å². The number of hydrogen-bond acceptors (Lipinski definition) is 9. The average Bonchev–Trinajstić information content (AvgIpc) is 3.34. The van der Waals surface area contributed by atoms with Gasteiger partial charge in [0.15, 0.2) is 33.6 Å². The van der Waals surface area contributed by atoms with Crippen molar-refractivity contribution in [2.45, 2.75) is 42.5 Å². The van der Waals surface area contributed by atoms with Crippen LogP contribution in [0.25, 0.3) is 11.2 Å². The standard InChI is InChI=1S/C21H22N6O4S/c1-4-12-8-13-14(31-11-30-13)9-15(12)32-20-26-16-17(22)24-10-25-18(16)27(20)7-5-6-23-19(28)21(2,3)29/h1,8-10,29H,5-7,11H2,2-3H3,(H,23,28)(H2,22,24,25). The van der Waals surface area contributed by atoms with Crippen molar-refractivity contribution in [1.82, 2.24) is 24.8 Å². The Morgan fingerprint density at radius 2 is 2.12 bits per heavy atom. The fraction of sp³-hybridized carbons (Fsp3) is 0.333. The number of ether oxygens (including phenoxy) is 2. The molecule has 11 heteroatoms. The number of nitrogens with two attached hydrogens (primary N) is 1. The largest absolute Gasteiger partial charge is 0.454 e. The molecule has 32 heavy (non-hydrogen) atoms. The highest BCUT2D eigenvalue weighted by atomic mass is 32.2. The molecule has 1 aliphatic rings. The van der Waals surface area contributed by atoms with Gasteiger partial charge in [0, 0.05) is 29.6 Å². The number of nitrogens with zero attached hydrogens (tertiary/aromatic N) is 4. The Morgan fingerprint density at radius 3 is 2.84 bits per heavy atom. The van der Waals surface area contributed by atoms with E-state index in [-0.39, 0.29) is 12.6 Å². The van der Waals surface area contributed by atoms with Gasteiger partial charge in [-0.1, -0.05) is 17.7 Å². The van der Waals surface area contributed by atoms with E-state index in [4.69, 9.17) is 21.6 Å². The van der Waals surface area contributed by atoms with Gasteiger partial charge in [-0.2, -0.15) is 0 Å². The number of aromatic nitrogens is 4. The topological polar surface area (TPSA) is 137 Å². The summed E-state index contributed by atoms with van der Waals surface area (Å²) in [6, 6.07) is 3.59. The third-order valence-electron chi connectivity index (χ3n) is 4.76. The number of aryl methyl sites for hydroxylation is 1. The Bertz CT molecular complexity index is 1230. The van der Waals surface area contributed by atoms with Gasteiger partial charge in [-0.15, -0.1) is 6.42 Å². The second kappa shape index (κ2) is 8.57. The van der Waals surface area contributed by atoms with Crippen LogP contribution in [0.3, 0.4) is 0 Å². The van der Waals surface area contributed by atoms with Crippen molar-refractivity contribution >= 4 is 34.7 Å². The van der Waals surface area contributed by atoms with E-state index in [1.807, 2.05) is 10.6 Å². The number of fused-ring (bicyclic) bond motifs is 2. The minimum atomic E-state index is -1.44. The molecule has 0 bridgehead atoms. The third-order valence-corrected chi connectivity index (χ3v) is 5.81. The maximum absolute atomic E-state index is 11.9. The second-order valence-corrected chi connectivity index (χ2v) is 8.60. The number of aliphatic hydroxyl groups is 1. The fourth-order valence-electron chi connectivity index (χ4n) is 3.09. The van der Waals surface area contributed by atoms with Crippen LogP contribution in [0.1, 0.15) is 25.8 Å². The highest BCUT2D eigenvalue weighted by molar-refractivity contribution is 7.99. The van der Waals surface area contributed by atoms with Gasteiger partial charge in [0.1, 0.15) is 11.9 Å². The van der Waals surface area contributed by atoms with E-state index < -0.39 is 11.5 Å². The fourth-order valence-corrected chi connectivity index (χ4v) is 4.10. The number of nitrogens with one attached hydrogen (secondary N) is 1. The third kappa shape index (κ3) is 4.28. The molecular formula is C21H22N6O4S. The van der Waals surface area contributed by atoms with Crippen LogP contribution in [0.4, 0.5) is 5.82 Å². The van der Waals surface area contributed by atoms with Crippen molar-refractivity contribution < 1.29 is 19.4 Å². The van der Waals surface area contributed by atoms with E-state index in [1.165, 1.54) is 31.9 Å². The minimum absolute atomic E-state index is 0.147. The number of carbonyl (C=O) groups is 1. The summed E-state index contributed by atoms with van der Waals surface area (Å²) in [6.45, 7) is 3.89. The maximum Gasteiger partial charge on any atom is 0.251 e. The number of imidazole rings is 1.